The molecule has 0 fully saturated rings. The standard InChI is InChI=1S/C22H10Cl2F3N3O5/c23-17-8-12(7-14(11-28)13-1-4-16(5-2-13)29(31)32)9-18(24)21(17)35-20-6-3-15(22(25,26)27)10-19(20)30(33)34/h1-10H/b14-7+. The molecule has 3 aromatic carbocycles. The average molecular weight is 524 g/mol. The van der Waals surface area contributed by atoms with Crippen molar-refractivity contribution in [2.45, 2.75) is 6.18 Å². The lowest BCUT2D eigenvalue weighted by Gasteiger charge is -2.12. The van der Waals surface area contributed by atoms with Gasteiger partial charge in [0.15, 0.2) is 5.75 Å². The highest BCUT2D eigenvalue weighted by Gasteiger charge is 2.33. The maximum absolute atomic E-state index is 12.9. The highest BCUT2D eigenvalue weighted by Crippen LogP contribution is 2.42. The summed E-state index contributed by atoms with van der Waals surface area (Å²) in [6.45, 7) is 0. The van der Waals surface area contributed by atoms with Gasteiger partial charge >= 0.3 is 11.9 Å². The third-order valence-corrected chi connectivity index (χ3v) is 5.10. The Morgan fingerprint density at radius 3 is 2.06 bits per heavy atom. The molecule has 8 nitrogen and oxygen atoms in total. The van der Waals surface area contributed by atoms with E-state index in [0.29, 0.717) is 23.3 Å². The molecule has 0 aromatic heterocycles. The Morgan fingerprint density at radius 1 is 0.971 bits per heavy atom. The number of ether oxygens (including phenoxy) is 1. The smallest absolute Gasteiger partial charge is 0.416 e. The van der Waals surface area contributed by atoms with Crippen molar-refractivity contribution in [1.29, 1.82) is 5.26 Å². The number of nitrogens with zero attached hydrogens (tertiary/aromatic N) is 3. The van der Waals surface area contributed by atoms with E-state index in [9.17, 15) is 38.7 Å². The van der Waals surface area contributed by atoms with E-state index in [-0.39, 0.29) is 27.1 Å². The Labute approximate surface area is 204 Å². The molecule has 0 N–H and O–H groups in total. The molecule has 3 aromatic rings. The topological polar surface area (TPSA) is 119 Å². The molecule has 35 heavy (non-hydrogen) atoms. The number of nitro benzene ring substituents is 2. The fraction of sp³-hybridized carbons (Fsp3) is 0.0455. The van der Waals surface area contributed by atoms with Gasteiger partial charge in [-0.2, -0.15) is 18.4 Å². The van der Waals surface area contributed by atoms with Crippen molar-refractivity contribution in [3.05, 3.63) is 102 Å². The molecule has 0 heterocycles. The van der Waals surface area contributed by atoms with Crippen molar-refractivity contribution in [3.63, 3.8) is 0 Å². The van der Waals surface area contributed by atoms with E-state index in [4.69, 9.17) is 27.9 Å². The zero-order chi connectivity index (χ0) is 25.9. The summed E-state index contributed by atoms with van der Waals surface area (Å²) in [6, 6.07) is 11.6. The van der Waals surface area contributed by atoms with Gasteiger partial charge in [-0.05, 0) is 53.6 Å². The number of nitro groups is 2. The predicted octanol–water partition coefficient (Wildman–Crippen LogP) is 7.69. The Bertz CT molecular complexity index is 1380. The van der Waals surface area contributed by atoms with Crippen LogP contribution in [0.4, 0.5) is 24.5 Å². The highest BCUT2D eigenvalue weighted by molar-refractivity contribution is 6.37. The summed E-state index contributed by atoms with van der Waals surface area (Å²) in [6.07, 6.45) is -3.40. The van der Waals surface area contributed by atoms with E-state index >= 15 is 0 Å². The molecule has 0 aliphatic rings. The zero-order valence-electron chi connectivity index (χ0n) is 17.0. The SMILES string of the molecule is N#C/C(=C\c1cc(Cl)c(Oc2ccc(C(F)(F)F)cc2[N+](=O)[O-])c(Cl)c1)c1ccc([N+](=O)[O-])cc1. The molecule has 0 atom stereocenters. The second kappa shape index (κ2) is 10.0. The number of halogens is 5. The summed E-state index contributed by atoms with van der Waals surface area (Å²) >= 11 is 12.4. The molecule has 178 valence electrons. The predicted molar refractivity (Wildman–Crippen MR) is 121 cm³/mol. The zero-order valence-corrected chi connectivity index (χ0v) is 18.6. The van der Waals surface area contributed by atoms with Crippen LogP contribution in [0.3, 0.4) is 0 Å². The van der Waals surface area contributed by atoms with Gasteiger partial charge in [-0.25, -0.2) is 0 Å². The molecule has 3 rings (SSSR count). The number of non-ortho nitro benzene ring substituents is 1. The molecule has 0 bridgehead atoms. The number of alkyl halides is 3. The molecule has 0 aliphatic heterocycles. The van der Waals surface area contributed by atoms with Crippen molar-refractivity contribution in [2.24, 2.45) is 0 Å². The lowest BCUT2D eigenvalue weighted by molar-refractivity contribution is -0.385. The number of allylic oxidation sites excluding steroid dienone is 1. The van der Waals surface area contributed by atoms with Crippen LogP contribution in [0.1, 0.15) is 16.7 Å². The largest absolute Gasteiger partial charge is 0.447 e. The van der Waals surface area contributed by atoms with Gasteiger partial charge in [0.25, 0.3) is 5.69 Å². The summed E-state index contributed by atoms with van der Waals surface area (Å²) in [4.78, 5) is 20.5. The Kier molecular flexibility index (Phi) is 7.28. The molecule has 0 saturated heterocycles. The summed E-state index contributed by atoms with van der Waals surface area (Å²) < 4.78 is 44.1. The summed E-state index contributed by atoms with van der Waals surface area (Å²) in [5.41, 5.74) is -1.50. The van der Waals surface area contributed by atoms with Gasteiger partial charge in [0.05, 0.1) is 37.1 Å². The van der Waals surface area contributed by atoms with E-state index in [1.54, 1.807) is 0 Å². The molecule has 0 amide bonds. The average Bonchev–Trinajstić information content (AvgIpc) is 2.79. The van der Waals surface area contributed by atoms with Gasteiger partial charge < -0.3 is 4.74 Å². The molecule has 13 heteroatoms. The van der Waals surface area contributed by atoms with Gasteiger partial charge in [-0.1, -0.05) is 23.2 Å². The van der Waals surface area contributed by atoms with Gasteiger partial charge in [0.1, 0.15) is 0 Å². The van der Waals surface area contributed by atoms with Crippen molar-refractivity contribution in [2.75, 3.05) is 0 Å². The highest BCUT2D eigenvalue weighted by atomic mass is 35.5. The molecular formula is C22H10Cl2F3N3O5. The van der Waals surface area contributed by atoms with E-state index in [1.165, 1.54) is 42.5 Å². The van der Waals surface area contributed by atoms with Crippen LogP contribution in [0.2, 0.25) is 10.0 Å². The van der Waals surface area contributed by atoms with Gasteiger partial charge in [-0.3, -0.25) is 20.2 Å². The van der Waals surface area contributed by atoms with Gasteiger partial charge in [-0.15, -0.1) is 0 Å². The number of hydrogen-bond acceptors (Lipinski definition) is 6. The van der Waals surface area contributed by atoms with Crippen molar-refractivity contribution in [1.82, 2.24) is 0 Å². The van der Waals surface area contributed by atoms with Crippen LogP contribution in [0.15, 0.2) is 54.6 Å². The van der Waals surface area contributed by atoms with E-state index in [2.05, 4.69) is 0 Å². The second-order valence-corrected chi connectivity index (χ2v) is 7.64. The minimum absolute atomic E-state index is 0.124. The maximum Gasteiger partial charge on any atom is 0.416 e. The first-order chi connectivity index (χ1) is 16.4. The van der Waals surface area contributed by atoms with E-state index in [1.807, 2.05) is 6.07 Å². The Balaban J connectivity index is 1.97. The summed E-state index contributed by atoms with van der Waals surface area (Å²) in [7, 11) is 0. The molecular weight excluding hydrogens is 514 g/mol. The molecule has 0 aliphatic carbocycles. The van der Waals surface area contributed by atoms with Crippen LogP contribution in [-0.2, 0) is 6.18 Å². The summed E-state index contributed by atoms with van der Waals surface area (Å²) in [5.74, 6) is -0.763. The lowest BCUT2D eigenvalue weighted by Crippen LogP contribution is -2.06. The molecule has 0 saturated carbocycles. The quantitative estimate of drug-likeness (QED) is 0.141. The molecule has 0 radical (unpaired) electrons. The third-order valence-electron chi connectivity index (χ3n) is 4.54. The Morgan fingerprint density at radius 2 is 1.57 bits per heavy atom. The van der Waals surface area contributed by atoms with E-state index in [0.717, 1.165) is 6.07 Å². The first kappa shape index (κ1) is 25.5. The van der Waals surface area contributed by atoms with Crippen LogP contribution < -0.4 is 4.74 Å². The first-order valence-electron chi connectivity index (χ1n) is 9.30. The molecule has 0 spiro atoms. The fourth-order valence-corrected chi connectivity index (χ4v) is 3.48. The minimum atomic E-state index is -4.80. The van der Waals surface area contributed by atoms with Crippen LogP contribution in [0.25, 0.3) is 11.6 Å². The lowest BCUT2D eigenvalue weighted by atomic mass is 10.0. The minimum Gasteiger partial charge on any atom is -0.447 e. The fourth-order valence-electron chi connectivity index (χ4n) is 2.90. The van der Waals surface area contributed by atoms with Crippen LogP contribution in [0, 0.1) is 31.6 Å². The normalized spacial score (nSPS) is 11.6. The van der Waals surface area contributed by atoms with Crippen LogP contribution in [-0.4, -0.2) is 9.85 Å². The number of hydrogen-bond donors (Lipinski definition) is 0. The van der Waals surface area contributed by atoms with Crippen LogP contribution in [0.5, 0.6) is 11.5 Å². The van der Waals surface area contributed by atoms with E-state index < -0.39 is 33.0 Å². The molecule has 0 unspecified atom stereocenters. The van der Waals surface area contributed by atoms with Crippen molar-refractivity contribution >= 4 is 46.2 Å². The maximum atomic E-state index is 12.9. The van der Waals surface area contributed by atoms with Crippen molar-refractivity contribution in [3.8, 4) is 17.6 Å². The third kappa shape index (κ3) is 5.87. The second-order valence-electron chi connectivity index (χ2n) is 6.83. The first-order valence-corrected chi connectivity index (χ1v) is 10.1. The van der Waals surface area contributed by atoms with Crippen molar-refractivity contribution < 1.29 is 27.8 Å². The van der Waals surface area contributed by atoms with Gasteiger partial charge in [0.2, 0.25) is 5.75 Å². The van der Waals surface area contributed by atoms with Gasteiger partial charge in [0, 0.05) is 18.2 Å². The number of nitriles is 1. The monoisotopic (exact) mass is 523 g/mol. The number of rotatable bonds is 6. The summed E-state index contributed by atoms with van der Waals surface area (Å²) in [5, 5.41) is 31.3. The Hall–Kier alpha value is -4.14. The number of benzene rings is 3. The van der Waals surface area contributed by atoms with Crippen LogP contribution >= 0.6 is 23.2 Å².